The SMILES string of the molecule is CCCC(CC[C@@H]1CC[C@@H]2[C@@H](/C=C/[C@@H](O)COc3cccc(Cl)c3)[C@H](O)C[C@@H]2OC1)C(=O)O. The number of aliphatic hydroxyl groups excluding tert-OH is 2. The molecule has 1 aliphatic carbocycles. The maximum Gasteiger partial charge on any atom is 0.306 e. The maximum atomic E-state index is 11.4. The van der Waals surface area contributed by atoms with E-state index in [0.29, 0.717) is 36.1 Å². The highest BCUT2D eigenvalue weighted by Gasteiger charge is 2.43. The average Bonchev–Trinajstić information content (AvgIpc) is 2.94. The van der Waals surface area contributed by atoms with Gasteiger partial charge in [-0.15, -0.1) is 0 Å². The standard InChI is InChI=1S/C26H37ClO6/c1-2-4-18(26(30)31)9-7-17-8-11-23-22(24(29)14-25(23)33-15-17)12-10-20(28)16-32-21-6-3-5-19(27)13-21/h3,5-6,10,12-13,17-18,20,22-25,28-29H,2,4,7-9,11,14-16H2,1H3,(H,30,31)/b12-10+/t17-,18?,20-,22-,23-,24-,25+/m1/s1. The van der Waals surface area contributed by atoms with E-state index in [1.165, 1.54) is 0 Å². The van der Waals surface area contributed by atoms with Crippen molar-refractivity contribution in [3.05, 3.63) is 41.4 Å². The molecule has 0 amide bonds. The molecule has 0 bridgehead atoms. The van der Waals surface area contributed by atoms with Crippen LogP contribution in [-0.4, -0.2) is 52.8 Å². The first-order valence-electron chi connectivity index (χ1n) is 12.1. The molecule has 33 heavy (non-hydrogen) atoms. The van der Waals surface area contributed by atoms with Gasteiger partial charge in [-0.2, -0.15) is 0 Å². The van der Waals surface area contributed by atoms with Crippen molar-refractivity contribution in [1.82, 2.24) is 0 Å². The number of carboxylic acids is 1. The molecule has 0 spiro atoms. The van der Waals surface area contributed by atoms with Crippen LogP contribution in [0, 0.1) is 23.7 Å². The van der Waals surface area contributed by atoms with Crippen molar-refractivity contribution in [2.45, 2.75) is 70.2 Å². The molecule has 6 nitrogen and oxygen atoms in total. The zero-order valence-corrected chi connectivity index (χ0v) is 20.1. The third-order valence-corrected chi connectivity index (χ3v) is 7.26. The van der Waals surface area contributed by atoms with E-state index in [2.05, 4.69) is 0 Å². The van der Waals surface area contributed by atoms with Crippen LogP contribution in [-0.2, 0) is 9.53 Å². The van der Waals surface area contributed by atoms with Gasteiger partial charge in [0.1, 0.15) is 18.5 Å². The monoisotopic (exact) mass is 480 g/mol. The molecule has 3 rings (SSSR count). The second-order valence-corrected chi connectivity index (χ2v) is 9.92. The van der Waals surface area contributed by atoms with E-state index in [9.17, 15) is 20.1 Å². The van der Waals surface area contributed by atoms with Crippen molar-refractivity contribution in [1.29, 1.82) is 0 Å². The summed E-state index contributed by atoms with van der Waals surface area (Å²) in [6.45, 7) is 2.75. The molecular formula is C26H37ClO6. The van der Waals surface area contributed by atoms with Gasteiger partial charge < -0.3 is 24.8 Å². The minimum absolute atomic E-state index is 0.00501. The van der Waals surface area contributed by atoms with Crippen LogP contribution in [0.4, 0.5) is 0 Å². The number of fused-ring (bicyclic) bond motifs is 1. The van der Waals surface area contributed by atoms with E-state index in [-0.39, 0.29) is 30.5 Å². The third-order valence-electron chi connectivity index (χ3n) is 7.03. The van der Waals surface area contributed by atoms with Gasteiger partial charge in [-0.1, -0.05) is 43.2 Å². The van der Waals surface area contributed by atoms with Crippen molar-refractivity contribution in [2.75, 3.05) is 13.2 Å². The predicted octanol–water partition coefficient (Wildman–Crippen LogP) is 4.71. The highest BCUT2D eigenvalue weighted by atomic mass is 35.5. The molecule has 1 unspecified atom stereocenters. The molecule has 1 saturated carbocycles. The Morgan fingerprint density at radius 3 is 2.88 bits per heavy atom. The minimum atomic E-state index is -0.791. The van der Waals surface area contributed by atoms with Gasteiger partial charge in [0.2, 0.25) is 0 Å². The second-order valence-electron chi connectivity index (χ2n) is 9.48. The number of aliphatic carboxylic acids is 1. The lowest BCUT2D eigenvalue weighted by Gasteiger charge is -2.21. The quantitative estimate of drug-likeness (QED) is 0.397. The maximum absolute atomic E-state index is 11.4. The molecule has 7 atom stereocenters. The highest BCUT2D eigenvalue weighted by molar-refractivity contribution is 6.30. The molecule has 1 aromatic rings. The topological polar surface area (TPSA) is 96.2 Å². The van der Waals surface area contributed by atoms with Gasteiger partial charge in [-0.25, -0.2) is 0 Å². The first kappa shape index (κ1) is 26.0. The molecule has 0 aromatic heterocycles. The van der Waals surface area contributed by atoms with Gasteiger partial charge in [-0.05, 0) is 62.1 Å². The molecule has 7 heteroatoms. The van der Waals surface area contributed by atoms with Crippen molar-refractivity contribution in [3.63, 3.8) is 0 Å². The highest BCUT2D eigenvalue weighted by Crippen LogP contribution is 2.42. The van der Waals surface area contributed by atoms with E-state index >= 15 is 0 Å². The molecule has 3 N–H and O–H groups in total. The number of benzene rings is 1. The Morgan fingerprint density at radius 1 is 1.33 bits per heavy atom. The molecule has 2 aliphatic rings. The first-order valence-corrected chi connectivity index (χ1v) is 12.5. The van der Waals surface area contributed by atoms with Crippen LogP contribution in [0.5, 0.6) is 5.75 Å². The summed E-state index contributed by atoms with van der Waals surface area (Å²) >= 11 is 5.95. The van der Waals surface area contributed by atoms with Crippen molar-refractivity contribution < 1.29 is 29.6 Å². The molecule has 1 aromatic carbocycles. The lowest BCUT2D eigenvalue weighted by atomic mass is 9.85. The minimum Gasteiger partial charge on any atom is -0.491 e. The van der Waals surface area contributed by atoms with Crippen LogP contribution in [0.15, 0.2) is 36.4 Å². The predicted molar refractivity (Wildman–Crippen MR) is 127 cm³/mol. The summed E-state index contributed by atoms with van der Waals surface area (Å²) in [5.74, 6) is 0.117. The van der Waals surface area contributed by atoms with Gasteiger partial charge in [-0.3, -0.25) is 4.79 Å². The number of hydrogen-bond donors (Lipinski definition) is 3. The second kappa shape index (κ2) is 12.7. The fraction of sp³-hybridized carbons (Fsp3) is 0.654. The summed E-state index contributed by atoms with van der Waals surface area (Å²) in [4.78, 5) is 11.4. The lowest BCUT2D eigenvalue weighted by Crippen LogP contribution is -2.22. The first-order chi connectivity index (χ1) is 15.9. The van der Waals surface area contributed by atoms with Gasteiger partial charge >= 0.3 is 5.97 Å². The smallest absolute Gasteiger partial charge is 0.306 e. The van der Waals surface area contributed by atoms with E-state index in [0.717, 1.165) is 32.1 Å². The Kier molecular flexibility index (Phi) is 10.0. The number of rotatable bonds is 11. The van der Waals surface area contributed by atoms with Gasteiger partial charge in [0.05, 0.1) is 18.1 Å². The molecule has 184 valence electrons. The molecule has 0 radical (unpaired) electrons. The summed E-state index contributed by atoms with van der Waals surface area (Å²) in [6, 6.07) is 7.04. The fourth-order valence-corrected chi connectivity index (χ4v) is 5.35. The van der Waals surface area contributed by atoms with Crippen molar-refractivity contribution >= 4 is 17.6 Å². The normalized spacial score (nSPS) is 29.4. The Morgan fingerprint density at radius 2 is 2.15 bits per heavy atom. The van der Waals surface area contributed by atoms with Gasteiger partial charge in [0.25, 0.3) is 0 Å². The van der Waals surface area contributed by atoms with Crippen LogP contribution in [0.3, 0.4) is 0 Å². The van der Waals surface area contributed by atoms with E-state index in [4.69, 9.17) is 21.1 Å². The summed E-state index contributed by atoms with van der Waals surface area (Å²) in [6.07, 6.45) is 7.98. The van der Waals surface area contributed by atoms with Crippen LogP contribution < -0.4 is 4.74 Å². The Labute approximate surface area is 201 Å². The Bertz CT molecular complexity index is 784. The van der Waals surface area contributed by atoms with E-state index < -0.39 is 18.2 Å². The zero-order chi connectivity index (χ0) is 23.8. The van der Waals surface area contributed by atoms with Crippen molar-refractivity contribution in [2.24, 2.45) is 23.7 Å². The third kappa shape index (κ3) is 7.71. The van der Waals surface area contributed by atoms with Gasteiger partial charge in [0, 0.05) is 24.0 Å². The fourth-order valence-electron chi connectivity index (χ4n) is 5.17. The van der Waals surface area contributed by atoms with E-state index in [1.54, 1.807) is 30.3 Å². The van der Waals surface area contributed by atoms with Crippen LogP contribution in [0.25, 0.3) is 0 Å². The molecule has 2 fully saturated rings. The van der Waals surface area contributed by atoms with Gasteiger partial charge in [0.15, 0.2) is 0 Å². The van der Waals surface area contributed by atoms with E-state index in [1.807, 2.05) is 13.0 Å². The Balaban J connectivity index is 1.50. The number of hydrogen-bond acceptors (Lipinski definition) is 5. The molecule has 1 saturated heterocycles. The molecular weight excluding hydrogens is 444 g/mol. The summed E-state index contributed by atoms with van der Waals surface area (Å²) in [7, 11) is 0. The average molecular weight is 481 g/mol. The lowest BCUT2D eigenvalue weighted by molar-refractivity contribution is -0.142. The number of carbonyl (C=O) groups is 1. The number of halogens is 1. The Hall–Kier alpha value is -1.60. The number of aliphatic hydroxyl groups is 2. The van der Waals surface area contributed by atoms with Crippen molar-refractivity contribution in [3.8, 4) is 5.75 Å². The summed E-state index contributed by atoms with van der Waals surface area (Å²) < 4.78 is 11.8. The zero-order valence-electron chi connectivity index (χ0n) is 19.3. The largest absolute Gasteiger partial charge is 0.491 e. The molecule has 1 aliphatic heterocycles. The summed E-state index contributed by atoms with van der Waals surface area (Å²) in [5, 5.41) is 30.9. The van der Waals surface area contributed by atoms with Crippen LogP contribution >= 0.6 is 11.6 Å². The van der Waals surface area contributed by atoms with Crippen LogP contribution in [0.2, 0.25) is 5.02 Å². The molecule has 1 heterocycles. The number of carboxylic acid groups (broad SMARTS) is 1. The number of ether oxygens (including phenoxy) is 2. The summed E-state index contributed by atoms with van der Waals surface area (Å²) in [5.41, 5.74) is 0. The van der Waals surface area contributed by atoms with Crippen LogP contribution in [0.1, 0.15) is 51.9 Å².